The zero-order valence-electron chi connectivity index (χ0n) is 17.8. The first-order chi connectivity index (χ1) is 15.6. The van der Waals surface area contributed by atoms with Gasteiger partial charge in [-0.15, -0.1) is 0 Å². The highest BCUT2D eigenvalue weighted by Gasteiger charge is 2.27. The summed E-state index contributed by atoms with van der Waals surface area (Å²) in [6.07, 6.45) is -1.17. The SMILES string of the molecule is CC(=O)c1cccc(OC[C@@H](O)CN(Cc2ccc(F)cc2)S(=O)(=O)c2ccc(Cl)cc2)c1. The molecular formula is C24H23ClFNO5S. The molecule has 1 N–H and O–H groups in total. The number of aliphatic hydroxyl groups excluding tert-OH is 1. The highest BCUT2D eigenvalue weighted by Crippen LogP contribution is 2.22. The summed E-state index contributed by atoms with van der Waals surface area (Å²) >= 11 is 5.88. The van der Waals surface area contributed by atoms with Gasteiger partial charge in [0.2, 0.25) is 10.0 Å². The van der Waals surface area contributed by atoms with Gasteiger partial charge in [-0.05, 0) is 61.0 Å². The van der Waals surface area contributed by atoms with Gasteiger partial charge in [0.05, 0.1) is 4.90 Å². The number of carbonyl (C=O) groups is 1. The molecule has 3 aromatic carbocycles. The second kappa shape index (κ2) is 10.9. The summed E-state index contributed by atoms with van der Waals surface area (Å²) in [7, 11) is -4.00. The zero-order valence-corrected chi connectivity index (χ0v) is 19.4. The minimum Gasteiger partial charge on any atom is -0.491 e. The van der Waals surface area contributed by atoms with Crippen molar-refractivity contribution < 1.29 is 27.4 Å². The average Bonchev–Trinajstić information content (AvgIpc) is 2.79. The van der Waals surface area contributed by atoms with Gasteiger partial charge in [0.15, 0.2) is 5.78 Å². The molecule has 0 aliphatic rings. The third kappa shape index (κ3) is 6.85. The van der Waals surface area contributed by atoms with Crippen LogP contribution >= 0.6 is 11.6 Å². The van der Waals surface area contributed by atoms with E-state index in [0.29, 0.717) is 21.9 Å². The Bertz CT molecular complexity index is 1200. The zero-order chi connectivity index (χ0) is 24.0. The van der Waals surface area contributed by atoms with Crippen LogP contribution in [0.15, 0.2) is 77.7 Å². The Morgan fingerprint density at radius 3 is 2.39 bits per heavy atom. The Morgan fingerprint density at radius 1 is 1.09 bits per heavy atom. The van der Waals surface area contributed by atoms with Crippen LogP contribution in [0.2, 0.25) is 5.02 Å². The lowest BCUT2D eigenvalue weighted by molar-refractivity contribution is 0.0879. The number of hydrogen-bond acceptors (Lipinski definition) is 5. The third-order valence-electron chi connectivity index (χ3n) is 4.82. The van der Waals surface area contributed by atoms with Crippen LogP contribution in [0.3, 0.4) is 0 Å². The van der Waals surface area contributed by atoms with Crippen molar-refractivity contribution in [1.82, 2.24) is 4.31 Å². The Hall–Kier alpha value is -2.78. The van der Waals surface area contributed by atoms with Crippen molar-refractivity contribution in [3.8, 4) is 5.75 Å². The van der Waals surface area contributed by atoms with Crippen molar-refractivity contribution in [2.75, 3.05) is 13.2 Å². The number of ether oxygens (including phenoxy) is 1. The average molecular weight is 492 g/mol. The molecule has 0 aromatic heterocycles. The highest BCUT2D eigenvalue weighted by atomic mass is 35.5. The second-order valence-corrected chi connectivity index (χ2v) is 9.80. The van der Waals surface area contributed by atoms with Gasteiger partial charge in [0.25, 0.3) is 0 Å². The van der Waals surface area contributed by atoms with E-state index in [-0.39, 0.29) is 30.4 Å². The Kier molecular flexibility index (Phi) is 8.20. The molecular weight excluding hydrogens is 469 g/mol. The van der Waals surface area contributed by atoms with Gasteiger partial charge in [0.1, 0.15) is 24.3 Å². The van der Waals surface area contributed by atoms with Crippen LogP contribution < -0.4 is 4.74 Å². The normalized spacial score (nSPS) is 12.5. The van der Waals surface area contributed by atoms with Gasteiger partial charge in [-0.25, -0.2) is 12.8 Å². The van der Waals surface area contributed by atoms with Crippen molar-refractivity contribution in [2.24, 2.45) is 0 Å². The number of benzene rings is 3. The summed E-state index contributed by atoms with van der Waals surface area (Å²) in [4.78, 5) is 11.5. The molecule has 0 radical (unpaired) electrons. The van der Waals surface area contributed by atoms with Crippen molar-refractivity contribution in [1.29, 1.82) is 0 Å². The van der Waals surface area contributed by atoms with Crippen LogP contribution in [0, 0.1) is 5.82 Å². The van der Waals surface area contributed by atoms with E-state index in [4.69, 9.17) is 16.3 Å². The number of ketones is 1. The molecule has 0 saturated carbocycles. The molecule has 33 heavy (non-hydrogen) atoms. The molecule has 0 bridgehead atoms. The molecule has 3 aromatic rings. The fourth-order valence-electron chi connectivity index (χ4n) is 3.08. The molecule has 0 amide bonds. The van der Waals surface area contributed by atoms with Crippen LogP contribution in [-0.2, 0) is 16.6 Å². The summed E-state index contributed by atoms with van der Waals surface area (Å²) in [6, 6.07) is 17.6. The topological polar surface area (TPSA) is 83.9 Å². The van der Waals surface area contributed by atoms with Gasteiger partial charge in [-0.3, -0.25) is 4.79 Å². The molecule has 0 spiro atoms. The minimum atomic E-state index is -4.00. The number of carbonyl (C=O) groups excluding carboxylic acids is 1. The maximum Gasteiger partial charge on any atom is 0.243 e. The van der Waals surface area contributed by atoms with E-state index >= 15 is 0 Å². The molecule has 3 rings (SSSR count). The number of sulfonamides is 1. The minimum absolute atomic E-state index is 0.0105. The van der Waals surface area contributed by atoms with Gasteiger partial charge >= 0.3 is 0 Å². The van der Waals surface area contributed by atoms with E-state index < -0.39 is 21.9 Å². The van der Waals surface area contributed by atoms with E-state index in [0.717, 1.165) is 4.31 Å². The van der Waals surface area contributed by atoms with Crippen molar-refractivity contribution >= 4 is 27.4 Å². The van der Waals surface area contributed by atoms with Crippen LogP contribution in [0.4, 0.5) is 4.39 Å². The fourth-order valence-corrected chi connectivity index (χ4v) is 4.67. The fraction of sp³-hybridized carbons (Fsp3) is 0.208. The number of aliphatic hydroxyl groups is 1. The quantitative estimate of drug-likeness (QED) is 0.427. The maximum absolute atomic E-state index is 13.3. The Morgan fingerprint density at radius 2 is 1.76 bits per heavy atom. The molecule has 0 heterocycles. The number of halogens is 2. The predicted molar refractivity (Wildman–Crippen MR) is 123 cm³/mol. The number of rotatable bonds is 10. The number of nitrogens with zero attached hydrogens (tertiary/aromatic N) is 1. The summed E-state index contributed by atoms with van der Waals surface area (Å²) in [5.41, 5.74) is 1.02. The van der Waals surface area contributed by atoms with Gasteiger partial charge in [-0.1, -0.05) is 35.9 Å². The van der Waals surface area contributed by atoms with Crippen molar-refractivity contribution in [3.05, 3.63) is 94.8 Å². The largest absolute Gasteiger partial charge is 0.491 e. The lowest BCUT2D eigenvalue weighted by atomic mass is 10.1. The summed E-state index contributed by atoms with van der Waals surface area (Å²) in [6.45, 7) is 0.886. The van der Waals surface area contributed by atoms with Crippen LogP contribution in [-0.4, -0.2) is 42.9 Å². The lowest BCUT2D eigenvalue weighted by Gasteiger charge is -2.25. The first-order valence-corrected chi connectivity index (χ1v) is 11.9. The van der Waals surface area contributed by atoms with E-state index in [1.807, 2.05) is 0 Å². The summed E-state index contributed by atoms with van der Waals surface area (Å²) < 4.78 is 46.5. The lowest BCUT2D eigenvalue weighted by Crippen LogP contribution is -2.39. The van der Waals surface area contributed by atoms with Gasteiger partial charge in [0, 0.05) is 23.7 Å². The Labute approximate surface area is 197 Å². The van der Waals surface area contributed by atoms with Crippen LogP contribution in [0.25, 0.3) is 0 Å². The highest BCUT2D eigenvalue weighted by molar-refractivity contribution is 7.89. The summed E-state index contributed by atoms with van der Waals surface area (Å²) in [5.74, 6) is -0.181. The smallest absolute Gasteiger partial charge is 0.243 e. The van der Waals surface area contributed by atoms with Gasteiger partial charge in [-0.2, -0.15) is 4.31 Å². The number of hydrogen-bond donors (Lipinski definition) is 1. The first kappa shape index (κ1) is 24.9. The summed E-state index contributed by atoms with van der Waals surface area (Å²) in [5, 5.41) is 10.9. The molecule has 0 fully saturated rings. The molecule has 0 aliphatic heterocycles. The molecule has 0 unspecified atom stereocenters. The third-order valence-corrected chi connectivity index (χ3v) is 6.90. The molecule has 174 valence electrons. The second-order valence-electron chi connectivity index (χ2n) is 7.43. The van der Waals surface area contributed by atoms with Crippen LogP contribution in [0.1, 0.15) is 22.8 Å². The molecule has 0 saturated heterocycles. The first-order valence-electron chi connectivity index (χ1n) is 10.1. The van der Waals surface area contributed by atoms with Gasteiger partial charge < -0.3 is 9.84 Å². The van der Waals surface area contributed by atoms with E-state index in [1.54, 1.807) is 24.3 Å². The van der Waals surface area contributed by atoms with E-state index in [2.05, 4.69) is 0 Å². The number of Topliss-reactive ketones (excluding diaryl/α,β-unsaturated/α-hetero) is 1. The molecule has 0 aliphatic carbocycles. The monoisotopic (exact) mass is 491 g/mol. The molecule has 6 nitrogen and oxygen atoms in total. The standard InChI is InChI=1S/C24H23ClFNO5S/c1-17(28)19-3-2-4-23(13-19)32-16-22(29)15-27(14-18-5-9-21(26)10-6-18)33(30,31)24-11-7-20(25)8-12-24/h2-13,22,29H,14-16H2,1H3/t22-/m0/s1. The van der Waals surface area contributed by atoms with E-state index in [1.165, 1.54) is 55.5 Å². The molecule has 1 atom stereocenters. The van der Waals surface area contributed by atoms with Crippen molar-refractivity contribution in [3.63, 3.8) is 0 Å². The Balaban J connectivity index is 1.78. The van der Waals surface area contributed by atoms with E-state index in [9.17, 15) is 22.7 Å². The maximum atomic E-state index is 13.3. The predicted octanol–water partition coefficient (Wildman–Crippen LogP) is 4.31. The molecule has 9 heteroatoms. The van der Waals surface area contributed by atoms with Crippen molar-refractivity contribution in [2.45, 2.75) is 24.5 Å². The van der Waals surface area contributed by atoms with Crippen LogP contribution in [0.5, 0.6) is 5.75 Å².